The molecule has 4 bridgehead atoms. The molecule has 0 aromatic carbocycles. The molecule has 4 fully saturated rings. The Bertz CT molecular complexity index is 2260. The molecule has 5 aliphatic heterocycles. The number of hydrogen-bond donors (Lipinski definition) is 15. The van der Waals surface area contributed by atoms with E-state index >= 15 is 0 Å². The molecule has 0 aromatic rings. The summed E-state index contributed by atoms with van der Waals surface area (Å²) in [7, 11) is 0. The minimum absolute atomic E-state index is 0.0319. The van der Waals surface area contributed by atoms with Crippen LogP contribution >= 0.6 is 0 Å². The van der Waals surface area contributed by atoms with Crippen molar-refractivity contribution in [3.63, 3.8) is 0 Å². The number of carbonyl (C=O) groups excluding carboxylic acids is 2. The number of aliphatic hydroxyl groups excluding tert-OH is 13. The van der Waals surface area contributed by atoms with E-state index in [4.69, 9.17) is 33.2 Å². The SMILES string of the molecule is CCCC(O[C@H]1C[C@](C)(NC(C)=O)[C@H](O)[C@H](C)O1)C(C)C(O)C(/C=C/C(O)C(C)C1C/C=C(\C)C(O)C(C)C(O[C@@H]2O[C@H](CO)[C@@H](O)[C@H](O)[C@@H]2O)CC(O)C(C)C(O)CC2CC(O)C(O)C(O)(C[C@H]3OC(CCC3C)CC(O)C/C=C(\CC)C(=O)O1)O2)CC. The molecular weight excluding hydrogens is 1160 g/mol. The number of cyclic esters (lactones) is 1. The Labute approximate surface area is 526 Å². The first-order valence-corrected chi connectivity index (χ1v) is 32.7. The average molecular weight is 1280 g/mol. The van der Waals surface area contributed by atoms with Gasteiger partial charge in [0.1, 0.15) is 42.7 Å². The summed E-state index contributed by atoms with van der Waals surface area (Å²) in [5.41, 5.74) is -0.477. The maximum Gasteiger partial charge on any atom is 0.333 e. The van der Waals surface area contributed by atoms with Gasteiger partial charge < -0.3 is 110 Å². The summed E-state index contributed by atoms with van der Waals surface area (Å²) in [5, 5.41) is 162. The molecule has 4 saturated heterocycles. The molecule has 24 nitrogen and oxygen atoms in total. The number of esters is 1. The van der Waals surface area contributed by atoms with Gasteiger partial charge in [-0.25, -0.2) is 4.79 Å². The van der Waals surface area contributed by atoms with Crippen LogP contribution in [0.2, 0.25) is 0 Å². The Hall–Kier alpha value is -2.64. The van der Waals surface area contributed by atoms with Crippen LogP contribution in [-0.2, 0) is 42.7 Å². The Morgan fingerprint density at radius 3 is 2.09 bits per heavy atom. The molecular formula is C65H113NO23. The molecule has 0 aromatic heterocycles. The van der Waals surface area contributed by atoms with Crippen molar-refractivity contribution >= 4 is 11.9 Å². The minimum atomic E-state index is -2.33. The molecule has 516 valence electrons. The molecule has 5 heterocycles. The first-order valence-electron chi connectivity index (χ1n) is 32.7. The van der Waals surface area contributed by atoms with Gasteiger partial charge in [-0.1, -0.05) is 86.1 Å². The van der Waals surface area contributed by atoms with E-state index in [0.717, 1.165) is 0 Å². The van der Waals surface area contributed by atoms with Gasteiger partial charge in [-0.2, -0.15) is 0 Å². The Morgan fingerprint density at radius 1 is 0.798 bits per heavy atom. The second kappa shape index (κ2) is 34.7. The monoisotopic (exact) mass is 1280 g/mol. The van der Waals surface area contributed by atoms with Crippen molar-refractivity contribution in [1.29, 1.82) is 0 Å². The van der Waals surface area contributed by atoms with Crippen LogP contribution in [0, 0.1) is 35.5 Å². The van der Waals surface area contributed by atoms with Crippen molar-refractivity contribution < 1.29 is 114 Å². The summed E-state index contributed by atoms with van der Waals surface area (Å²) in [5.74, 6) is -7.30. The Morgan fingerprint density at radius 2 is 1.46 bits per heavy atom. The number of ether oxygens (including phenoxy) is 7. The third kappa shape index (κ3) is 20.4. The largest absolute Gasteiger partial charge is 0.458 e. The Kier molecular flexibility index (Phi) is 30.0. The van der Waals surface area contributed by atoms with Crippen LogP contribution in [0.1, 0.15) is 173 Å². The molecule has 5 rings (SSSR count). The number of hydrogen-bond acceptors (Lipinski definition) is 23. The third-order valence-corrected chi connectivity index (χ3v) is 19.9. The molecule has 15 N–H and O–H groups in total. The van der Waals surface area contributed by atoms with Gasteiger partial charge in [-0.3, -0.25) is 4.79 Å². The molecule has 89 heavy (non-hydrogen) atoms. The van der Waals surface area contributed by atoms with E-state index in [9.17, 15) is 81.1 Å². The van der Waals surface area contributed by atoms with Crippen molar-refractivity contribution in [2.45, 2.75) is 319 Å². The zero-order valence-corrected chi connectivity index (χ0v) is 54.5. The van der Waals surface area contributed by atoms with Crippen LogP contribution in [0.15, 0.2) is 35.5 Å². The fourth-order valence-electron chi connectivity index (χ4n) is 13.5. The maximum absolute atomic E-state index is 14.3. The van der Waals surface area contributed by atoms with E-state index in [1.54, 1.807) is 65.8 Å². The smallest absolute Gasteiger partial charge is 0.333 e. The van der Waals surface area contributed by atoms with E-state index in [0.29, 0.717) is 37.7 Å². The van der Waals surface area contributed by atoms with Crippen LogP contribution in [0.4, 0.5) is 0 Å². The molecule has 20 unspecified atom stereocenters. The number of carbonyl (C=O) groups is 2. The molecule has 1 amide bonds. The standard InChI is InChI=1S/C65H113NO23/c1-13-16-49(85-54-30-64(12,66-39(11)68)60(79)38(10)83-54)36(8)56(75)40(14-2)20-23-45(70)35(7)50-24-18-33(5)55(74)37(9)51(87-63-59(78)58(77)57(76)53(31-67)88-63)28-47(72)34(6)46(71)26-44-27-48(73)61(80)65(82,89-44)29-52-32(4)17-22-43(84-52)25-42(69)21-19-41(15-3)62(81)86-50/h18-20,23,32,34-38,40,42-61,63,67,69-80,82H,13-17,21-22,24-31H2,1-12H3,(H,66,68)/b23-20+,33-18+,41-19+/t32?,34?,35?,36?,37?,38-,40?,42?,43?,44?,45?,46?,47?,48?,49?,50?,51?,52+,53+,54-,55?,56?,57+,58-,59-,60+,61?,63+,64-,65?/m0/s1. The van der Waals surface area contributed by atoms with E-state index in [1.807, 2.05) is 27.7 Å². The van der Waals surface area contributed by atoms with Crippen molar-refractivity contribution in [3.8, 4) is 0 Å². The maximum atomic E-state index is 14.3. The fourth-order valence-corrected chi connectivity index (χ4v) is 13.5. The first-order chi connectivity index (χ1) is 41.7. The van der Waals surface area contributed by atoms with Crippen molar-refractivity contribution in [3.05, 3.63) is 35.5 Å². The summed E-state index contributed by atoms with van der Waals surface area (Å²) in [6, 6.07) is 0. The lowest BCUT2D eigenvalue weighted by atomic mass is 9.82. The molecule has 0 saturated carbocycles. The molecule has 0 spiro atoms. The summed E-state index contributed by atoms with van der Waals surface area (Å²) >= 11 is 0. The average Bonchev–Trinajstić information content (AvgIpc) is 1.54. The molecule has 30 atom stereocenters. The van der Waals surface area contributed by atoms with Gasteiger partial charge in [0.05, 0.1) is 91.5 Å². The molecule has 0 aliphatic carbocycles. The quantitative estimate of drug-likeness (QED) is 0.0731. The summed E-state index contributed by atoms with van der Waals surface area (Å²) in [6.45, 7) is 19.9. The zero-order chi connectivity index (χ0) is 66.6. The van der Waals surface area contributed by atoms with Gasteiger partial charge in [0, 0.05) is 80.6 Å². The van der Waals surface area contributed by atoms with Crippen molar-refractivity contribution in [2.75, 3.05) is 6.61 Å². The van der Waals surface area contributed by atoms with Crippen LogP contribution in [-0.4, -0.2) is 236 Å². The van der Waals surface area contributed by atoms with Crippen LogP contribution in [0.25, 0.3) is 0 Å². The highest BCUT2D eigenvalue weighted by Crippen LogP contribution is 2.41. The fraction of sp³-hybridized carbons (Fsp3) is 0.877. The predicted molar refractivity (Wildman–Crippen MR) is 324 cm³/mol. The lowest BCUT2D eigenvalue weighted by Gasteiger charge is -2.47. The van der Waals surface area contributed by atoms with Gasteiger partial charge in [-0.15, -0.1) is 0 Å². The highest BCUT2D eigenvalue weighted by Gasteiger charge is 2.52. The lowest BCUT2D eigenvalue weighted by molar-refractivity contribution is -0.338. The third-order valence-electron chi connectivity index (χ3n) is 19.9. The van der Waals surface area contributed by atoms with Gasteiger partial charge in [0.2, 0.25) is 5.91 Å². The predicted octanol–water partition coefficient (Wildman–Crippen LogP) is 1.97. The zero-order valence-electron chi connectivity index (χ0n) is 54.5. The van der Waals surface area contributed by atoms with E-state index in [2.05, 4.69) is 5.32 Å². The van der Waals surface area contributed by atoms with Gasteiger partial charge in [-0.05, 0) is 77.2 Å². The number of aliphatic hydroxyl groups is 14. The van der Waals surface area contributed by atoms with Crippen LogP contribution in [0.3, 0.4) is 0 Å². The normalized spacial score (nSPS) is 43.9. The van der Waals surface area contributed by atoms with Gasteiger partial charge >= 0.3 is 5.97 Å². The number of rotatable bonds is 17. The highest BCUT2D eigenvalue weighted by molar-refractivity contribution is 5.88. The summed E-state index contributed by atoms with van der Waals surface area (Å²) < 4.78 is 43.4. The number of fused-ring (bicyclic) bond motifs is 4. The van der Waals surface area contributed by atoms with E-state index in [-0.39, 0.29) is 75.2 Å². The van der Waals surface area contributed by atoms with E-state index < -0.39 is 188 Å². The highest BCUT2D eigenvalue weighted by atomic mass is 16.7. The van der Waals surface area contributed by atoms with Crippen LogP contribution in [0.5, 0.6) is 0 Å². The second-order valence-corrected chi connectivity index (χ2v) is 27.0. The summed E-state index contributed by atoms with van der Waals surface area (Å²) in [4.78, 5) is 26.5. The van der Waals surface area contributed by atoms with Gasteiger partial charge in [0.15, 0.2) is 18.4 Å². The number of amides is 1. The molecule has 24 heteroatoms. The second-order valence-electron chi connectivity index (χ2n) is 27.0. The summed E-state index contributed by atoms with van der Waals surface area (Å²) in [6.07, 6.45) is -17.9. The van der Waals surface area contributed by atoms with Crippen LogP contribution < -0.4 is 5.32 Å². The van der Waals surface area contributed by atoms with Crippen molar-refractivity contribution in [2.24, 2.45) is 35.5 Å². The molecule has 0 radical (unpaired) electrons. The van der Waals surface area contributed by atoms with Gasteiger partial charge in [0.25, 0.3) is 0 Å². The Balaban J connectivity index is 1.48. The van der Waals surface area contributed by atoms with Crippen molar-refractivity contribution in [1.82, 2.24) is 5.32 Å². The van der Waals surface area contributed by atoms with E-state index in [1.165, 1.54) is 13.8 Å². The molecule has 5 aliphatic rings. The minimum Gasteiger partial charge on any atom is -0.458 e. The topological polar surface area (TPSA) is 394 Å². The first kappa shape index (κ1) is 77.1. The number of nitrogens with one attached hydrogen (secondary N) is 1. The lowest BCUT2D eigenvalue weighted by Crippen LogP contribution is -2.63.